The van der Waals surface area contributed by atoms with Gasteiger partial charge in [-0.3, -0.25) is 4.90 Å². The Morgan fingerprint density at radius 1 is 1.42 bits per heavy atom. The van der Waals surface area contributed by atoms with Crippen LogP contribution < -0.4 is 0 Å². The normalized spacial score (nSPS) is 17.8. The lowest BCUT2D eigenvalue weighted by molar-refractivity contribution is -0.147. The lowest BCUT2D eigenvalue weighted by Crippen LogP contribution is -2.52. The highest BCUT2D eigenvalue weighted by Crippen LogP contribution is 2.29. The molecule has 0 radical (unpaired) electrons. The summed E-state index contributed by atoms with van der Waals surface area (Å²) >= 11 is 1.74. The molecule has 102 valence electrons. The minimum Gasteiger partial charge on any atom is -0.396 e. The van der Waals surface area contributed by atoms with Crippen LogP contribution in [-0.2, 0) is 11.3 Å². The third-order valence-corrected chi connectivity index (χ3v) is 4.52. The Morgan fingerprint density at radius 3 is 2.84 bits per heavy atom. The number of benzene rings is 1. The van der Waals surface area contributed by atoms with Crippen molar-refractivity contribution in [2.24, 2.45) is 5.41 Å². The summed E-state index contributed by atoms with van der Waals surface area (Å²) in [5.41, 5.74) is 1.01. The first-order valence-corrected chi connectivity index (χ1v) is 7.24. The molecule has 3 rings (SSSR count). The standard InChI is InChI=1S/C14H18N2O2S/c1-16(7-14(8-17)9-18-10-14)6-13-15-11-4-2-3-5-12(11)19-13/h2-5,17H,6-10H2,1H3. The molecule has 0 saturated carbocycles. The number of hydrogen-bond donors (Lipinski definition) is 1. The van der Waals surface area contributed by atoms with Gasteiger partial charge in [0.25, 0.3) is 0 Å². The molecule has 0 bridgehead atoms. The fourth-order valence-corrected chi connectivity index (χ4v) is 3.52. The topological polar surface area (TPSA) is 45.6 Å². The summed E-state index contributed by atoms with van der Waals surface area (Å²) in [6, 6.07) is 8.21. The highest BCUT2D eigenvalue weighted by molar-refractivity contribution is 7.18. The Bertz CT molecular complexity index is 527. The molecule has 1 saturated heterocycles. The molecule has 1 aromatic carbocycles. The van der Waals surface area contributed by atoms with Gasteiger partial charge in [-0.15, -0.1) is 11.3 Å². The minimum atomic E-state index is -0.0641. The molecule has 1 N–H and O–H groups in total. The molecule has 1 aliphatic rings. The molecule has 5 heteroatoms. The molecule has 0 amide bonds. The van der Waals surface area contributed by atoms with E-state index in [9.17, 15) is 5.11 Å². The minimum absolute atomic E-state index is 0.0641. The van der Waals surface area contributed by atoms with Gasteiger partial charge in [-0.1, -0.05) is 12.1 Å². The third kappa shape index (κ3) is 2.65. The maximum atomic E-state index is 9.45. The third-order valence-electron chi connectivity index (χ3n) is 3.50. The predicted octanol–water partition coefficient (Wildman–Crippen LogP) is 1.74. The van der Waals surface area contributed by atoms with Crippen molar-refractivity contribution in [3.63, 3.8) is 0 Å². The number of rotatable bonds is 5. The molecule has 0 spiro atoms. The molecule has 1 aromatic heterocycles. The molecule has 1 aliphatic heterocycles. The van der Waals surface area contributed by atoms with Gasteiger partial charge in [0.1, 0.15) is 5.01 Å². The lowest BCUT2D eigenvalue weighted by Gasteiger charge is -2.42. The highest BCUT2D eigenvalue weighted by Gasteiger charge is 2.38. The number of aliphatic hydroxyl groups is 1. The SMILES string of the molecule is CN(Cc1nc2ccccc2s1)CC1(CO)COC1. The molecule has 2 heterocycles. The van der Waals surface area contributed by atoms with E-state index in [1.807, 2.05) is 18.2 Å². The highest BCUT2D eigenvalue weighted by atomic mass is 32.1. The van der Waals surface area contributed by atoms with Crippen molar-refractivity contribution in [2.75, 3.05) is 33.4 Å². The van der Waals surface area contributed by atoms with Gasteiger partial charge in [-0.25, -0.2) is 4.98 Å². The van der Waals surface area contributed by atoms with Gasteiger partial charge < -0.3 is 9.84 Å². The van der Waals surface area contributed by atoms with E-state index in [0.717, 1.165) is 23.6 Å². The van der Waals surface area contributed by atoms with Gasteiger partial charge in [0.15, 0.2) is 0 Å². The molecule has 1 fully saturated rings. The van der Waals surface area contributed by atoms with Crippen molar-refractivity contribution >= 4 is 21.6 Å². The monoisotopic (exact) mass is 278 g/mol. The maximum Gasteiger partial charge on any atom is 0.108 e. The lowest BCUT2D eigenvalue weighted by atomic mass is 9.86. The number of aromatic nitrogens is 1. The van der Waals surface area contributed by atoms with Gasteiger partial charge in [0, 0.05) is 6.54 Å². The first-order valence-electron chi connectivity index (χ1n) is 6.42. The second kappa shape index (κ2) is 5.17. The van der Waals surface area contributed by atoms with Gasteiger partial charge >= 0.3 is 0 Å². The van der Waals surface area contributed by atoms with Crippen LogP contribution in [0.5, 0.6) is 0 Å². The van der Waals surface area contributed by atoms with Crippen LogP contribution in [0.1, 0.15) is 5.01 Å². The van der Waals surface area contributed by atoms with E-state index in [-0.39, 0.29) is 12.0 Å². The van der Waals surface area contributed by atoms with Crippen molar-refractivity contribution in [1.82, 2.24) is 9.88 Å². The molecule has 0 aliphatic carbocycles. The zero-order valence-electron chi connectivity index (χ0n) is 11.0. The summed E-state index contributed by atoms with van der Waals surface area (Å²) in [5.74, 6) is 0. The number of aliphatic hydroxyl groups excluding tert-OH is 1. The summed E-state index contributed by atoms with van der Waals surface area (Å²) in [5, 5.41) is 10.6. The number of thiazole rings is 1. The van der Waals surface area contributed by atoms with E-state index >= 15 is 0 Å². The van der Waals surface area contributed by atoms with Crippen molar-refractivity contribution in [3.8, 4) is 0 Å². The first kappa shape index (κ1) is 13.0. The summed E-state index contributed by atoms with van der Waals surface area (Å²) in [7, 11) is 2.07. The van der Waals surface area contributed by atoms with Crippen LogP contribution in [0.15, 0.2) is 24.3 Å². The second-order valence-electron chi connectivity index (χ2n) is 5.40. The quantitative estimate of drug-likeness (QED) is 0.905. The van der Waals surface area contributed by atoms with E-state index < -0.39 is 0 Å². The second-order valence-corrected chi connectivity index (χ2v) is 6.51. The van der Waals surface area contributed by atoms with Crippen LogP contribution in [-0.4, -0.2) is 48.4 Å². The van der Waals surface area contributed by atoms with Gasteiger partial charge in [0.2, 0.25) is 0 Å². The maximum absolute atomic E-state index is 9.45. The Labute approximate surface area is 116 Å². The van der Waals surface area contributed by atoms with Crippen molar-refractivity contribution in [3.05, 3.63) is 29.3 Å². The predicted molar refractivity (Wildman–Crippen MR) is 76.3 cm³/mol. The molecule has 4 nitrogen and oxygen atoms in total. The van der Waals surface area contributed by atoms with Crippen LogP contribution in [0.2, 0.25) is 0 Å². The fraction of sp³-hybridized carbons (Fsp3) is 0.500. The summed E-state index contributed by atoms with van der Waals surface area (Å²) in [4.78, 5) is 6.85. The molecule has 19 heavy (non-hydrogen) atoms. The number of para-hydroxylation sites is 1. The van der Waals surface area contributed by atoms with Crippen LogP contribution in [0.25, 0.3) is 10.2 Å². The van der Waals surface area contributed by atoms with Gasteiger partial charge in [-0.05, 0) is 19.2 Å². The van der Waals surface area contributed by atoms with Crippen molar-refractivity contribution in [2.45, 2.75) is 6.54 Å². The van der Waals surface area contributed by atoms with Crippen LogP contribution in [0.4, 0.5) is 0 Å². The van der Waals surface area contributed by atoms with Crippen molar-refractivity contribution < 1.29 is 9.84 Å². The number of ether oxygens (including phenoxy) is 1. The van der Waals surface area contributed by atoms with E-state index in [0.29, 0.717) is 13.2 Å². The Balaban J connectivity index is 1.67. The van der Waals surface area contributed by atoms with E-state index in [1.54, 1.807) is 11.3 Å². The summed E-state index contributed by atoms with van der Waals surface area (Å²) in [6.07, 6.45) is 0. The fourth-order valence-electron chi connectivity index (χ4n) is 2.47. The molecule has 0 atom stereocenters. The molecule has 0 unspecified atom stereocenters. The zero-order valence-corrected chi connectivity index (χ0v) is 11.8. The summed E-state index contributed by atoms with van der Waals surface area (Å²) in [6.45, 7) is 3.18. The van der Waals surface area contributed by atoms with Crippen LogP contribution in [0, 0.1) is 5.41 Å². The number of fused-ring (bicyclic) bond motifs is 1. The van der Waals surface area contributed by atoms with Gasteiger partial charge in [0.05, 0.1) is 42.0 Å². The summed E-state index contributed by atoms with van der Waals surface area (Å²) < 4.78 is 6.46. The zero-order chi connectivity index (χ0) is 13.3. The number of hydrogen-bond acceptors (Lipinski definition) is 5. The Kier molecular flexibility index (Phi) is 3.54. The molecule has 2 aromatic rings. The number of nitrogens with zero attached hydrogens (tertiary/aromatic N) is 2. The van der Waals surface area contributed by atoms with Crippen molar-refractivity contribution in [1.29, 1.82) is 0 Å². The Morgan fingerprint density at radius 2 is 2.21 bits per heavy atom. The van der Waals surface area contributed by atoms with Crippen LogP contribution >= 0.6 is 11.3 Å². The average Bonchev–Trinajstić information content (AvgIpc) is 2.75. The van der Waals surface area contributed by atoms with Crippen LogP contribution in [0.3, 0.4) is 0 Å². The smallest absolute Gasteiger partial charge is 0.108 e. The first-order chi connectivity index (χ1) is 9.21. The van der Waals surface area contributed by atoms with E-state index in [1.165, 1.54) is 4.70 Å². The molecular formula is C14H18N2O2S. The Hall–Kier alpha value is -1.01. The van der Waals surface area contributed by atoms with E-state index in [4.69, 9.17) is 4.74 Å². The molecular weight excluding hydrogens is 260 g/mol. The van der Waals surface area contributed by atoms with E-state index in [2.05, 4.69) is 23.0 Å². The average molecular weight is 278 g/mol. The largest absolute Gasteiger partial charge is 0.396 e. The van der Waals surface area contributed by atoms with Gasteiger partial charge in [-0.2, -0.15) is 0 Å².